The standard InChI is InChI=1S/C16H23N5O3/c1-17-16-18-8-11(9-19-16)15(23)21-6-7-24-13(10-21)14(22)20-12-4-2-3-5-12/h8-9,12-13H,2-7,10H2,1H3,(H,20,22)(H,17,18,19)/t13-/m0/s1. The highest BCUT2D eigenvalue weighted by molar-refractivity contribution is 5.94. The maximum atomic E-state index is 12.6. The fourth-order valence-corrected chi connectivity index (χ4v) is 3.11. The Morgan fingerprint density at radius 3 is 2.62 bits per heavy atom. The number of ether oxygens (including phenoxy) is 1. The summed E-state index contributed by atoms with van der Waals surface area (Å²) in [5.74, 6) is 0.156. The van der Waals surface area contributed by atoms with E-state index in [9.17, 15) is 9.59 Å². The van der Waals surface area contributed by atoms with Gasteiger partial charge in [-0.15, -0.1) is 0 Å². The van der Waals surface area contributed by atoms with Crippen molar-refractivity contribution in [1.82, 2.24) is 20.2 Å². The Hall–Kier alpha value is -2.22. The van der Waals surface area contributed by atoms with E-state index in [0.717, 1.165) is 25.7 Å². The highest BCUT2D eigenvalue weighted by Gasteiger charge is 2.31. The molecule has 2 N–H and O–H groups in total. The molecule has 0 spiro atoms. The first-order valence-corrected chi connectivity index (χ1v) is 8.38. The average molecular weight is 333 g/mol. The van der Waals surface area contributed by atoms with E-state index >= 15 is 0 Å². The van der Waals surface area contributed by atoms with Crippen LogP contribution in [0.2, 0.25) is 0 Å². The van der Waals surface area contributed by atoms with Gasteiger partial charge in [-0.1, -0.05) is 12.8 Å². The third kappa shape index (κ3) is 3.81. The van der Waals surface area contributed by atoms with Gasteiger partial charge in [0.1, 0.15) is 0 Å². The maximum absolute atomic E-state index is 12.6. The summed E-state index contributed by atoms with van der Waals surface area (Å²) in [7, 11) is 1.71. The third-order valence-corrected chi connectivity index (χ3v) is 4.47. The van der Waals surface area contributed by atoms with Crippen molar-refractivity contribution in [1.29, 1.82) is 0 Å². The van der Waals surface area contributed by atoms with Crippen LogP contribution < -0.4 is 10.6 Å². The molecule has 1 aliphatic carbocycles. The van der Waals surface area contributed by atoms with Gasteiger partial charge >= 0.3 is 0 Å². The van der Waals surface area contributed by atoms with Gasteiger partial charge in [0.15, 0.2) is 6.10 Å². The first-order valence-electron chi connectivity index (χ1n) is 8.38. The van der Waals surface area contributed by atoms with Crippen LogP contribution in [0.5, 0.6) is 0 Å². The predicted molar refractivity (Wildman–Crippen MR) is 87.6 cm³/mol. The second kappa shape index (κ2) is 7.57. The number of morpholine rings is 1. The van der Waals surface area contributed by atoms with Crippen LogP contribution in [0.3, 0.4) is 0 Å². The molecule has 8 nitrogen and oxygen atoms in total. The molecule has 24 heavy (non-hydrogen) atoms. The topological polar surface area (TPSA) is 96.5 Å². The molecule has 0 radical (unpaired) electrons. The van der Waals surface area contributed by atoms with Crippen molar-refractivity contribution in [3.63, 3.8) is 0 Å². The number of carbonyl (C=O) groups excluding carboxylic acids is 2. The third-order valence-electron chi connectivity index (χ3n) is 4.47. The van der Waals surface area contributed by atoms with Crippen molar-refractivity contribution in [3.8, 4) is 0 Å². The molecular weight excluding hydrogens is 310 g/mol. The maximum Gasteiger partial charge on any atom is 0.257 e. The first kappa shape index (κ1) is 16.6. The van der Waals surface area contributed by atoms with E-state index in [2.05, 4.69) is 20.6 Å². The number of nitrogens with one attached hydrogen (secondary N) is 2. The van der Waals surface area contributed by atoms with E-state index in [1.807, 2.05) is 0 Å². The zero-order valence-electron chi connectivity index (χ0n) is 13.8. The second-order valence-corrected chi connectivity index (χ2v) is 6.15. The van der Waals surface area contributed by atoms with Gasteiger partial charge in [0.05, 0.1) is 18.7 Å². The number of hydrogen-bond acceptors (Lipinski definition) is 6. The van der Waals surface area contributed by atoms with Gasteiger partial charge in [-0.05, 0) is 12.8 Å². The molecule has 1 aromatic heterocycles. The molecule has 8 heteroatoms. The van der Waals surface area contributed by atoms with Gasteiger partial charge in [0, 0.05) is 32.0 Å². The lowest BCUT2D eigenvalue weighted by Crippen LogP contribution is -2.52. The summed E-state index contributed by atoms with van der Waals surface area (Å²) in [5.41, 5.74) is 0.408. The molecule has 2 fully saturated rings. The van der Waals surface area contributed by atoms with Gasteiger partial charge in [-0.3, -0.25) is 9.59 Å². The van der Waals surface area contributed by atoms with Crippen LogP contribution in [0.4, 0.5) is 5.95 Å². The molecule has 2 heterocycles. The number of aromatic nitrogens is 2. The van der Waals surface area contributed by atoms with Crippen molar-refractivity contribution in [2.75, 3.05) is 32.1 Å². The van der Waals surface area contributed by atoms with E-state index in [4.69, 9.17) is 4.74 Å². The van der Waals surface area contributed by atoms with Crippen molar-refractivity contribution < 1.29 is 14.3 Å². The normalized spacial score (nSPS) is 21.5. The zero-order chi connectivity index (χ0) is 16.9. The van der Waals surface area contributed by atoms with Crippen molar-refractivity contribution >= 4 is 17.8 Å². The van der Waals surface area contributed by atoms with E-state index in [1.165, 1.54) is 12.4 Å². The molecular formula is C16H23N5O3. The van der Waals surface area contributed by atoms with E-state index in [0.29, 0.717) is 24.7 Å². The second-order valence-electron chi connectivity index (χ2n) is 6.15. The van der Waals surface area contributed by atoms with Crippen LogP contribution in [0.15, 0.2) is 12.4 Å². The molecule has 1 saturated carbocycles. The molecule has 130 valence electrons. The van der Waals surface area contributed by atoms with Gasteiger partial charge in [-0.2, -0.15) is 0 Å². The summed E-state index contributed by atoms with van der Waals surface area (Å²) in [6.45, 7) is 1.06. The van der Waals surface area contributed by atoms with Gasteiger partial charge in [0.2, 0.25) is 5.95 Å². The number of carbonyl (C=O) groups is 2. The molecule has 1 aliphatic heterocycles. The van der Waals surface area contributed by atoms with Crippen molar-refractivity contribution in [2.24, 2.45) is 0 Å². The lowest BCUT2D eigenvalue weighted by atomic mass is 10.2. The minimum Gasteiger partial charge on any atom is -0.365 e. The number of anilines is 1. The Morgan fingerprint density at radius 2 is 1.96 bits per heavy atom. The lowest BCUT2D eigenvalue weighted by molar-refractivity contribution is -0.137. The van der Waals surface area contributed by atoms with Crippen LogP contribution in [-0.4, -0.2) is 65.6 Å². The van der Waals surface area contributed by atoms with E-state index in [1.54, 1.807) is 11.9 Å². The zero-order valence-corrected chi connectivity index (χ0v) is 13.8. The first-order chi connectivity index (χ1) is 11.7. The Kier molecular flexibility index (Phi) is 5.24. The monoisotopic (exact) mass is 333 g/mol. The number of hydrogen-bond donors (Lipinski definition) is 2. The Balaban J connectivity index is 1.59. The van der Waals surface area contributed by atoms with Crippen molar-refractivity contribution in [2.45, 2.75) is 37.8 Å². The molecule has 2 aliphatic rings. The van der Waals surface area contributed by atoms with Gasteiger partial charge < -0.3 is 20.3 Å². The lowest BCUT2D eigenvalue weighted by Gasteiger charge is -2.32. The average Bonchev–Trinajstić information content (AvgIpc) is 3.14. The number of amides is 2. The SMILES string of the molecule is CNc1ncc(C(=O)N2CCO[C@H](C(=O)NC3CCCC3)C2)cn1. The molecule has 1 saturated heterocycles. The molecule has 1 aromatic rings. The van der Waals surface area contributed by atoms with Crippen LogP contribution in [0, 0.1) is 0 Å². The molecule has 0 unspecified atom stereocenters. The Bertz CT molecular complexity index is 586. The Labute approximate surface area is 141 Å². The molecule has 2 amide bonds. The number of rotatable bonds is 4. The van der Waals surface area contributed by atoms with E-state index in [-0.39, 0.29) is 24.4 Å². The summed E-state index contributed by atoms with van der Waals surface area (Å²) in [5, 5.41) is 5.84. The summed E-state index contributed by atoms with van der Waals surface area (Å²) < 4.78 is 5.56. The van der Waals surface area contributed by atoms with Crippen molar-refractivity contribution in [3.05, 3.63) is 18.0 Å². The molecule has 3 rings (SSSR count). The largest absolute Gasteiger partial charge is 0.365 e. The summed E-state index contributed by atoms with van der Waals surface area (Å²) in [6, 6.07) is 0.245. The van der Waals surface area contributed by atoms with Crippen LogP contribution in [-0.2, 0) is 9.53 Å². The molecule has 0 bridgehead atoms. The fraction of sp³-hybridized carbons (Fsp3) is 0.625. The summed E-state index contributed by atoms with van der Waals surface area (Å²) >= 11 is 0. The van der Waals surface area contributed by atoms with Gasteiger partial charge in [0.25, 0.3) is 11.8 Å². The quantitative estimate of drug-likeness (QED) is 0.829. The Morgan fingerprint density at radius 1 is 1.25 bits per heavy atom. The van der Waals surface area contributed by atoms with Crippen LogP contribution >= 0.6 is 0 Å². The molecule has 1 atom stereocenters. The predicted octanol–water partition coefficient (Wildman–Crippen LogP) is 0.418. The van der Waals surface area contributed by atoms with E-state index < -0.39 is 6.10 Å². The summed E-state index contributed by atoms with van der Waals surface area (Å²) in [6.07, 6.45) is 6.73. The number of nitrogens with zero attached hydrogens (tertiary/aromatic N) is 3. The minimum atomic E-state index is -0.610. The van der Waals surface area contributed by atoms with Gasteiger partial charge in [-0.25, -0.2) is 9.97 Å². The highest BCUT2D eigenvalue weighted by atomic mass is 16.5. The smallest absolute Gasteiger partial charge is 0.257 e. The highest BCUT2D eigenvalue weighted by Crippen LogP contribution is 2.18. The fourth-order valence-electron chi connectivity index (χ4n) is 3.11. The minimum absolute atomic E-state index is 0.124. The van der Waals surface area contributed by atoms with Crippen LogP contribution in [0.1, 0.15) is 36.0 Å². The van der Waals surface area contributed by atoms with Crippen LogP contribution in [0.25, 0.3) is 0 Å². The summed E-state index contributed by atoms with van der Waals surface area (Å²) in [4.78, 5) is 34.6. The molecule has 0 aromatic carbocycles.